The van der Waals surface area contributed by atoms with Crippen molar-refractivity contribution >= 4 is 11.5 Å². The summed E-state index contributed by atoms with van der Waals surface area (Å²) in [6, 6.07) is 9.78. The van der Waals surface area contributed by atoms with Crippen molar-refractivity contribution in [3.05, 3.63) is 41.5 Å². The first kappa shape index (κ1) is 11.9. The summed E-state index contributed by atoms with van der Waals surface area (Å²) in [5.41, 5.74) is 1.93. The lowest BCUT2D eigenvalue weighted by molar-refractivity contribution is -0.155. The van der Waals surface area contributed by atoms with Crippen LogP contribution in [-0.2, 0) is 14.3 Å². The third-order valence-corrected chi connectivity index (χ3v) is 3.12. The van der Waals surface area contributed by atoms with Gasteiger partial charge in [0, 0.05) is 12.7 Å². The molecule has 3 nitrogen and oxygen atoms in total. The maximum atomic E-state index is 12.0. The molecule has 0 aromatic heterocycles. The molecule has 0 radical (unpaired) electrons. The number of carbonyl (C=O) groups excluding carboxylic acids is 1. The Hall–Kier alpha value is -1.61. The van der Waals surface area contributed by atoms with Gasteiger partial charge in [0.15, 0.2) is 0 Å². The van der Waals surface area contributed by atoms with E-state index in [0.29, 0.717) is 6.61 Å². The molecule has 1 aliphatic rings. The predicted octanol–water partition coefficient (Wildman–Crippen LogP) is 2.42. The van der Waals surface area contributed by atoms with E-state index in [2.05, 4.69) is 0 Å². The molecule has 0 heterocycles. The van der Waals surface area contributed by atoms with Crippen molar-refractivity contribution in [2.45, 2.75) is 19.4 Å². The second-order valence-electron chi connectivity index (χ2n) is 3.97. The highest BCUT2D eigenvalue weighted by atomic mass is 16.6. The van der Waals surface area contributed by atoms with Gasteiger partial charge in [-0.3, -0.25) is 0 Å². The van der Waals surface area contributed by atoms with Crippen molar-refractivity contribution in [1.29, 1.82) is 0 Å². The molecule has 1 atom stereocenters. The van der Waals surface area contributed by atoms with Crippen molar-refractivity contribution in [2.75, 3.05) is 13.7 Å². The number of rotatable bonds is 4. The van der Waals surface area contributed by atoms with Crippen LogP contribution >= 0.6 is 0 Å². The molecule has 17 heavy (non-hydrogen) atoms. The zero-order chi connectivity index (χ0) is 12.5. The van der Waals surface area contributed by atoms with Gasteiger partial charge < -0.3 is 9.47 Å². The Kier molecular flexibility index (Phi) is 3.03. The summed E-state index contributed by atoms with van der Waals surface area (Å²) < 4.78 is 10.5. The van der Waals surface area contributed by atoms with E-state index in [4.69, 9.17) is 9.47 Å². The lowest BCUT2D eigenvalue weighted by atomic mass is 10.1. The molecule has 0 spiro atoms. The van der Waals surface area contributed by atoms with Gasteiger partial charge in [0.05, 0.1) is 6.61 Å². The SMILES string of the molecule is CCOC(=O)C1(OC)C(C)=C1c1ccccc1. The van der Waals surface area contributed by atoms with E-state index in [0.717, 1.165) is 16.7 Å². The Labute approximate surface area is 101 Å². The van der Waals surface area contributed by atoms with Gasteiger partial charge in [-0.1, -0.05) is 30.3 Å². The summed E-state index contributed by atoms with van der Waals surface area (Å²) in [7, 11) is 1.54. The van der Waals surface area contributed by atoms with E-state index in [1.54, 1.807) is 6.92 Å². The smallest absolute Gasteiger partial charge is 0.347 e. The Balaban J connectivity index is 2.29. The Morgan fingerprint density at radius 3 is 2.47 bits per heavy atom. The monoisotopic (exact) mass is 232 g/mol. The maximum Gasteiger partial charge on any atom is 0.347 e. The zero-order valence-corrected chi connectivity index (χ0v) is 10.3. The molecule has 0 bridgehead atoms. The first-order valence-electron chi connectivity index (χ1n) is 5.68. The topological polar surface area (TPSA) is 35.5 Å². The molecule has 0 fully saturated rings. The van der Waals surface area contributed by atoms with Crippen LogP contribution in [0.25, 0.3) is 5.57 Å². The van der Waals surface area contributed by atoms with Gasteiger partial charge in [-0.05, 0) is 25.0 Å². The second-order valence-corrected chi connectivity index (χ2v) is 3.97. The predicted molar refractivity (Wildman–Crippen MR) is 65.4 cm³/mol. The largest absolute Gasteiger partial charge is 0.463 e. The lowest BCUT2D eigenvalue weighted by Crippen LogP contribution is -2.32. The second kappa shape index (κ2) is 4.34. The van der Waals surface area contributed by atoms with Gasteiger partial charge in [0.2, 0.25) is 5.60 Å². The summed E-state index contributed by atoms with van der Waals surface area (Å²) in [5, 5.41) is 0. The summed E-state index contributed by atoms with van der Waals surface area (Å²) >= 11 is 0. The molecular formula is C14H16O3. The van der Waals surface area contributed by atoms with Crippen LogP contribution in [0.4, 0.5) is 0 Å². The quantitative estimate of drug-likeness (QED) is 0.748. The summed E-state index contributed by atoms with van der Waals surface area (Å²) in [6.45, 7) is 4.06. The first-order chi connectivity index (χ1) is 8.18. The minimum Gasteiger partial charge on any atom is -0.463 e. The zero-order valence-electron chi connectivity index (χ0n) is 10.3. The number of carbonyl (C=O) groups is 1. The molecule has 1 aromatic rings. The molecule has 1 unspecified atom stereocenters. The van der Waals surface area contributed by atoms with E-state index < -0.39 is 5.60 Å². The fraction of sp³-hybridized carbons (Fsp3) is 0.357. The molecule has 0 saturated heterocycles. The van der Waals surface area contributed by atoms with Gasteiger partial charge in [0.1, 0.15) is 0 Å². The van der Waals surface area contributed by atoms with Crippen LogP contribution in [0, 0.1) is 0 Å². The Morgan fingerprint density at radius 2 is 1.94 bits per heavy atom. The average molecular weight is 232 g/mol. The molecule has 2 rings (SSSR count). The maximum absolute atomic E-state index is 12.0. The van der Waals surface area contributed by atoms with Crippen LogP contribution in [-0.4, -0.2) is 25.3 Å². The molecule has 0 N–H and O–H groups in total. The number of benzene rings is 1. The van der Waals surface area contributed by atoms with Crippen LogP contribution in [0.15, 0.2) is 35.9 Å². The van der Waals surface area contributed by atoms with Gasteiger partial charge >= 0.3 is 5.97 Å². The molecule has 0 amide bonds. The van der Waals surface area contributed by atoms with Crippen LogP contribution < -0.4 is 0 Å². The summed E-state index contributed by atoms with van der Waals surface area (Å²) in [5.74, 6) is -0.321. The molecule has 0 saturated carbocycles. The third-order valence-electron chi connectivity index (χ3n) is 3.12. The fourth-order valence-corrected chi connectivity index (χ4v) is 2.23. The van der Waals surface area contributed by atoms with E-state index in [-0.39, 0.29) is 5.97 Å². The summed E-state index contributed by atoms with van der Waals surface area (Å²) in [4.78, 5) is 12.0. The van der Waals surface area contributed by atoms with Crippen molar-refractivity contribution in [3.8, 4) is 0 Å². The van der Waals surface area contributed by atoms with Crippen LogP contribution in [0.2, 0.25) is 0 Å². The Bertz CT molecular complexity index is 462. The minimum atomic E-state index is -0.947. The van der Waals surface area contributed by atoms with Crippen LogP contribution in [0.5, 0.6) is 0 Å². The van der Waals surface area contributed by atoms with Gasteiger partial charge in [-0.25, -0.2) is 4.79 Å². The van der Waals surface area contributed by atoms with Gasteiger partial charge in [0.25, 0.3) is 0 Å². The van der Waals surface area contributed by atoms with Crippen molar-refractivity contribution in [3.63, 3.8) is 0 Å². The van der Waals surface area contributed by atoms with Crippen LogP contribution in [0.3, 0.4) is 0 Å². The molecule has 90 valence electrons. The molecule has 1 aromatic carbocycles. The molecule has 1 aliphatic carbocycles. The van der Waals surface area contributed by atoms with E-state index in [1.165, 1.54) is 7.11 Å². The minimum absolute atomic E-state index is 0.321. The number of hydrogen-bond acceptors (Lipinski definition) is 3. The van der Waals surface area contributed by atoms with E-state index in [1.807, 2.05) is 37.3 Å². The average Bonchev–Trinajstić information content (AvgIpc) is 2.97. The molecule has 0 aliphatic heterocycles. The Morgan fingerprint density at radius 1 is 1.29 bits per heavy atom. The van der Waals surface area contributed by atoms with Gasteiger partial charge in [-0.15, -0.1) is 0 Å². The standard InChI is InChI=1S/C14H16O3/c1-4-17-13(15)14(16-3)10(2)12(14)11-8-6-5-7-9-11/h5-9H,4H2,1-3H3. The van der Waals surface area contributed by atoms with E-state index >= 15 is 0 Å². The third kappa shape index (κ3) is 1.67. The van der Waals surface area contributed by atoms with Crippen LogP contribution in [0.1, 0.15) is 19.4 Å². The molecular weight excluding hydrogens is 216 g/mol. The van der Waals surface area contributed by atoms with E-state index in [9.17, 15) is 4.79 Å². The molecule has 3 heteroatoms. The normalized spacial score (nSPS) is 22.5. The highest BCUT2D eigenvalue weighted by Gasteiger charge is 2.59. The van der Waals surface area contributed by atoms with Gasteiger partial charge in [-0.2, -0.15) is 0 Å². The number of ether oxygens (including phenoxy) is 2. The number of hydrogen-bond donors (Lipinski definition) is 0. The lowest BCUT2D eigenvalue weighted by Gasteiger charge is -2.16. The first-order valence-corrected chi connectivity index (χ1v) is 5.68. The fourth-order valence-electron chi connectivity index (χ4n) is 2.23. The highest BCUT2D eigenvalue weighted by molar-refractivity contribution is 6.12. The van der Waals surface area contributed by atoms with Crippen molar-refractivity contribution in [1.82, 2.24) is 0 Å². The summed E-state index contributed by atoms with van der Waals surface area (Å²) in [6.07, 6.45) is 0. The van der Waals surface area contributed by atoms with Crippen molar-refractivity contribution < 1.29 is 14.3 Å². The highest BCUT2D eigenvalue weighted by Crippen LogP contribution is 2.53. The number of esters is 1. The number of methoxy groups -OCH3 is 1. The van der Waals surface area contributed by atoms with Crippen molar-refractivity contribution in [2.24, 2.45) is 0 Å².